The molecule has 1 atom stereocenters. The molecule has 1 spiro atoms. The predicted octanol–water partition coefficient (Wildman–Crippen LogP) is 5.13. The van der Waals surface area contributed by atoms with Crippen LogP contribution < -0.4 is 5.32 Å². The topological polar surface area (TPSA) is 41.6 Å². The lowest BCUT2D eigenvalue weighted by molar-refractivity contribution is -0.123. The molecule has 5 heteroatoms. The van der Waals surface area contributed by atoms with Gasteiger partial charge in [-0.2, -0.15) is 0 Å². The van der Waals surface area contributed by atoms with Crippen LogP contribution in [0.2, 0.25) is 0 Å². The van der Waals surface area contributed by atoms with Gasteiger partial charge in [0.25, 0.3) is 0 Å². The van der Waals surface area contributed by atoms with E-state index in [1.54, 1.807) is 12.1 Å². The van der Waals surface area contributed by atoms with Crippen LogP contribution in [0.4, 0.5) is 4.39 Å². The smallest absolute Gasteiger partial charge is 0.227 e. The molecule has 1 N–H and O–H groups in total. The molecule has 1 saturated carbocycles. The summed E-state index contributed by atoms with van der Waals surface area (Å²) in [6.07, 6.45) is 7.53. The highest BCUT2D eigenvalue weighted by Gasteiger charge is 2.42. The van der Waals surface area contributed by atoms with E-state index in [1.807, 2.05) is 0 Å². The van der Waals surface area contributed by atoms with Gasteiger partial charge in [0.2, 0.25) is 5.91 Å². The van der Waals surface area contributed by atoms with Gasteiger partial charge in [-0.3, -0.25) is 4.79 Å². The molecule has 1 saturated heterocycles. The fourth-order valence-corrected chi connectivity index (χ4v) is 6.16. The molecule has 2 aromatic rings. The van der Waals surface area contributed by atoms with Crippen molar-refractivity contribution in [3.05, 3.63) is 71.0 Å². The molecular weight excluding hydrogens is 415 g/mol. The van der Waals surface area contributed by atoms with E-state index in [-0.39, 0.29) is 23.2 Å². The summed E-state index contributed by atoms with van der Waals surface area (Å²) >= 11 is 0. The van der Waals surface area contributed by atoms with Crippen molar-refractivity contribution in [2.75, 3.05) is 26.2 Å². The number of piperidine rings is 1. The average molecular weight is 451 g/mol. The maximum absolute atomic E-state index is 13.4. The first-order valence-electron chi connectivity index (χ1n) is 12.6. The van der Waals surface area contributed by atoms with Crippen LogP contribution in [0.1, 0.15) is 67.6 Å². The Bertz CT molecular complexity index is 947. The van der Waals surface area contributed by atoms with E-state index in [0.29, 0.717) is 12.5 Å². The third-order valence-corrected chi connectivity index (χ3v) is 8.01. The van der Waals surface area contributed by atoms with Gasteiger partial charge in [-0.25, -0.2) is 4.39 Å². The molecule has 4 nitrogen and oxygen atoms in total. The van der Waals surface area contributed by atoms with E-state index in [9.17, 15) is 9.18 Å². The minimum Gasteiger partial charge on any atom is -0.365 e. The minimum absolute atomic E-state index is 0.0923. The minimum atomic E-state index is -0.251. The molecule has 1 unspecified atom stereocenters. The van der Waals surface area contributed by atoms with Crippen molar-refractivity contribution < 1.29 is 13.9 Å². The average Bonchev–Trinajstić information content (AvgIpc) is 3.49. The molecule has 0 aromatic heterocycles. The standard InChI is InChI=1S/C28H35FN2O2/c29-24-12-10-22(11-13-24)26(21-6-1-2-7-21)27(32)30-16-5-17-31-18-14-28(15-19-31)25-9-4-3-8-23(25)20-33-28/h3-4,8-13,21,26H,1-2,5-7,14-20H2,(H,30,32). The van der Waals surface area contributed by atoms with E-state index in [4.69, 9.17) is 4.74 Å². The van der Waals surface area contributed by atoms with Crippen LogP contribution in [0.15, 0.2) is 48.5 Å². The van der Waals surface area contributed by atoms with Crippen molar-refractivity contribution in [2.45, 2.75) is 63.1 Å². The SMILES string of the molecule is O=C(NCCCN1CCC2(CC1)OCc1ccccc12)C(c1ccc(F)cc1)C1CCCC1. The fraction of sp³-hybridized carbons (Fsp3) is 0.536. The first kappa shape index (κ1) is 22.5. The Labute approximate surface area is 196 Å². The molecule has 2 aromatic carbocycles. The molecule has 1 amide bonds. The summed E-state index contributed by atoms with van der Waals surface area (Å²) in [6.45, 7) is 4.47. The van der Waals surface area contributed by atoms with Gasteiger partial charge in [0.05, 0.1) is 18.1 Å². The summed E-state index contributed by atoms with van der Waals surface area (Å²) in [5.41, 5.74) is 3.58. The Balaban J connectivity index is 1.10. The van der Waals surface area contributed by atoms with Gasteiger partial charge in [0, 0.05) is 19.6 Å². The molecule has 2 fully saturated rings. The van der Waals surface area contributed by atoms with E-state index < -0.39 is 0 Å². The number of nitrogens with zero attached hydrogens (tertiary/aromatic N) is 1. The van der Waals surface area contributed by atoms with Crippen molar-refractivity contribution in [3.8, 4) is 0 Å². The Kier molecular flexibility index (Phi) is 6.79. The van der Waals surface area contributed by atoms with Gasteiger partial charge in [-0.1, -0.05) is 49.2 Å². The van der Waals surface area contributed by atoms with Gasteiger partial charge < -0.3 is 15.0 Å². The number of hydrogen-bond acceptors (Lipinski definition) is 3. The van der Waals surface area contributed by atoms with Crippen molar-refractivity contribution in [1.82, 2.24) is 10.2 Å². The van der Waals surface area contributed by atoms with Crippen LogP contribution in [-0.2, 0) is 21.7 Å². The number of benzene rings is 2. The van der Waals surface area contributed by atoms with Crippen LogP contribution >= 0.6 is 0 Å². The van der Waals surface area contributed by atoms with Crippen LogP contribution in [-0.4, -0.2) is 37.0 Å². The van der Waals surface area contributed by atoms with Gasteiger partial charge in [-0.05, 0) is 73.4 Å². The quantitative estimate of drug-likeness (QED) is 0.595. The molecule has 0 radical (unpaired) electrons. The highest BCUT2D eigenvalue weighted by molar-refractivity contribution is 5.84. The number of carbonyl (C=O) groups is 1. The number of carbonyl (C=O) groups excluding carboxylic acids is 1. The zero-order chi connectivity index (χ0) is 22.7. The Morgan fingerprint density at radius 2 is 1.82 bits per heavy atom. The Morgan fingerprint density at radius 1 is 1.09 bits per heavy atom. The predicted molar refractivity (Wildman–Crippen MR) is 127 cm³/mol. The maximum Gasteiger partial charge on any atom is 0.227 e. The maximum atomic E-state index is 13.4. The summed E-state index contributed by atoms with van der Waals surface area (Å²) in [5, 5.41) is 3.19. The molecular formula is C28H35FN2O2. The summed E-state index contributed by atoms with van der Waals surface area (Å²) in [4.78, 5) is 15.6. The largest absolute Gasteiger partial charge is 0.365 e. The van der Waals surface area contributed by atoms with E-state index in [1.165, 1.54) is 36.1 Å². The molecule has 176 valence electrons. The number of ether oxygens (including phenoxy) is 1. The normalized spacial score (nSPS) is 21.2. The van der Waals surface area contributed by atoms with E-state index in [2.05, 4.69) is 34.5 Å². The first-order chi connectivity index (χ1) is 16.1. The summed E-state index contributed by atoms with van der Waals surface area (Å²) < 4.78 is 19.7. The van der Waals surface area contributed by atoms with Crippen molar-refractivity contribution in [1.29, 1.82) is 0 Å². The lowest BCUT2D eigenvalue weighted by Crippen LogP contribution is -2.43. The molecule has 3 aliphatic rings. The number of hydrogen-bond donors (Lipinski definition) is 1. The molecule has 0 bridgehead atoms. The zero-order valence-electron chi connectivity index (χ0n) is 19.4. The molecule has 1 aliphatic carbocycles. The van der Waals surface area contributed by atoms with Gasteiger partial charge in [0.1, 0.15) is 5.82 Å². The highest BCUT2D eigenvalue weighted by Crippen LogP contribution is 2.44. The lowest BCUT2D eigenvalue weighted by atomic mass is 9.84. The number of halogens is 1. The van der Waals surface area contributed by atoms with Crippen molar-refractivity contribution >= 4 is 5.91 Å². The molecule has 2 heterocycles. The van der Waals surface area contributed by atoms with E-state index >= 15 is 0 Å². The van der Waals surface area contributed by atoms with E-state index in [0.717, 1.165) is 63.9 Å². The summed E-state index contributed by atoms with van der Waals surface area (Å²) in [6, 6.07) is 15.1. The van der Waals surface area contributed by atoms with Gasteiger partial charge in [0.15, 0.2) is 0 Å². The third-order valence-electron chi connectivity index (χ3n) is 8.01. The number of likely N-dealkylation sites (tertiary alicyclic amines) is 1. The number of amides is 1. The van der Waals surface area contributed by atoms with Gasteiger partial charge in [-0.15, -0.1) is 0 Å². The molecule has 5 rings (SSSR count). The van der Waals surface area contributed by atoms with Crippen LogP contribution in [0, 0.1) is 11.7 Å². The monoisotopic (exact) mass is 450 g/mol. The third kappa shape index (κ3) is 4.85. The van der Waals surface area contributed by atoms with Crippen molar-refractivity contribution in [2.24, 2.45) is 5.92 Å². The fourth-order valence-electron chi connectivity index (χ4n) is 6.16. The number of rotatable bonds is 7. The summed E-state index contributed by atoms with van der Waals surface area (Å²) in [5.74, 6) is 0.0479. The molecule has 33 heavy (non-hydrogen) atoms. The first-order valence-corrected chi connectivity index (χ1v) is 12.6. The Hall–Kier alpha value is -2.24. The zero-order valence-corrected chi connectivity index (χ0v) is 19.4. The van der Waals surface area contributed by atoms with Crippen LogP contribution in [0.25, 0.3) is 0 Å². The van der Waals surface area contributed by atoms with Crippen LogP contribution in [0.5, 0.6) is 0 Å². The lowest BCUT2D eigenvalue weighted by Gasteiger charge is -2.39. The summed E-state index contributed by atoms with van der Waals surface area (Å²) in [7, 11) is 0. The van der Waals surface area contributed by atoms with Crippen molar-refractivity contribution in [3.63, 3.8) is 0 Å². The molecule has 2 aliphatic heterocycles. The van der Waals surface area contributed by atoms with Crippen LogP contribution in [0.3, 0.4) is 0 Å². The second-order valence-corrected chi connectivity index (χ2v) is 10.0. The number of nitrogens with one attached hydrogen (secondary N) is 1. The van der Waals surface area contributed by atoms with Gasteiger partial charge >= 0.3 is 0 Å². The highest BCUT2D eigenvalue weighted by atomic mass is 19.1. The number of fused-ring (bicyclic) bond motifs is 2. The second kappa shape index (κ2) is 9.94. The Morgan fingerprint density at radius 3 is 2.58 bits per heavy atom. The second-order valence-electron chi connectivity index (χ2n) is 10.0.